The van der Waals surface area contributed by atoms with E-state index in [2.05, 4.69) is 47.8 Å². The number of hydrogen-bond acceptors (Lipinski definition) is 10. The maximum atomic E-state index is 13.5. The van der Waals surface area contributed by atoms with Gasteiger partial charge in [-0.2, -0.15) is 0 Å². The number of rotatable bonds is 11. The molecule has 5 heterocycles. The number of likely N-dealkylation sites (N-methyl/N-ethyl adjacent to an activating group) is 1. The van der Waals surface area contributed by atoms with E-state index in [1.807, 2.05) is 43.0 Å². The minimum Gasteiger partial charge on any atom is -0.495 e. The van der Waals surface area contributed by atoms with Gasteiger partial charge >= 0.3 is 5.97 Å². The van der Waals surface area contributed by atoms with Gasteiger partial charge in [0.15, 0.2) is 5.82 Å². The summed E-state index contributed by atoms with van der Waals surface area (Å²) in [5.41, 5.74) is 5.21. The number of hydrogen-bond donors (Lipinski definition) is 1. The maximum absolute atomic E-state index is 13.5. The maximum Gasteiger partial charge on any atom is 0.342 e. The minimum absolute atomic E-state index is 0.0498. The molecule has 3 saturated heterocycles. The number of nitrogens with zero attached hydrogens (tertiary/aromatic N) is 5. The second-order valence-corrected chi connectivity index (χ2v) is 15.3. The molecule has 3 aliphatic heterocycles. The molecule has 0 bridgehead atoms. The quantitative estimate of drug-likeness (QED) is 0.119. The van der Waals surface area contributed by atoms with Crippen LogP contribution in [0.5, 0.6) is 5.75 Å². The van der Waals surface area contributed by atoms with Gasteiger partial charge in [-0.1, -0.05) is 24.8 Å². The molecule has 0 aliphatic carbocycles. The number of methoxy groups -OCH3 is 1. The van der Waals surface area contributed by atoms with Crippen LogP contribution in [0.3, 0.4) is 0 Å². The molecule has 7 rings (SSSR count). The fourth-order valence-electron chi connectivity index (χ4n) is 8.76. The highest BCUT2D eigenvalue weighted by atomic mass is 16.5. The normalized spacial score (nSPS) is 21.3. The van der Waals surface area contributed by atoms with E-state index >= 15 is 0 Å². The van der Waals surface area contributed by atoms with Crippen LogP contribution in [-0.2, 0) is 9.53 Å². The van der Waals surface area contributed by atoms with Crippen LogP contribution in [0.2, 0.25) is 0 Å². The fourth-order valence-corrected chi connectivity index (χ4v) is 8.76. The third-order valence-corrected chi connectivity index (χ3v) is 11.4. The lowest BCUT2D eigenvalue weighted by atomic mass is 9.91. The molecule has 3 aliphatic rings. The molecule has 0 spiro atoms. The van der Waals surface area contributed by atoms with Crippen LogP contribution < -0.4 is 15.0 Å². The van der Waals surface area contributed by atoms with Crippen LogP contribution in [0, 0.1) is 0 Å². The second kappa shape index (κ2) is 16.2. The Kier molecular flexibility index (Phi) is 11.2. The Morgan fingerprint density at radius 1 is 1.00 bits per heavy atom. The number of carbonyl (C=O) groups excluding carboxylic acids is 2. The van der Waals surface area contributed by atoms with Crippen molar-refractivity contribution < 1.29 is 23.5 Å². The van der Waals surface area contributed by atoms with Gasteiger partial charge in [0, 0.05) is 59.6 Å². The lowest BCUT2D eigenvalue weighted by Gasteiger charge is -2.40. The van der Waals surface area contributed by atoms with Gasteiger partial charge in [-0.05, 0) is 104 Å². The van der Waals surface area contributed by atoms with Crippen molar-refractivity contribution in [1.82, 2.24) is 19.8 Å². The first-order valence-electron chi connectivity index (χ1n) is 19.6. The number of nitrogens with one attached hydrogen (secondary N) is 1. The third-order valence-electron chi connectivity index (χ3n) is 11.4. The zero-order valence-corrected chi connectivity index (χ0v) is 32.3. The summed E-state index contributed by atoms with van der Waals surface area (Å²) < 4.78 is 17.8. The van der Waals surface area contributed by atoms with Crippen molar-refractivity contribution in [1.29, 1.82) is 0 Å². The number of benzene rings is 2. The van der Waals surface area contributed by atoms with Crippen LogP contribution in [0.15, 0.2) is 65.9 Å². The lowest BCUT2D eigenvalue weighted by Crippen LogP contribution is -2.41. The smallest absolute Gasteiger partial charge is 0.342 e. The van der Waals surface area contributed by atoms with Gasteiger partial charge in [-0.15, -0.1) is 0 Å². The molecule has 3 fully saturated rings. The van der Waals surface area contributed by atoms with Crippen LogP contribution >= 0.6 is 0 Å². The van der Waals surface area contributed by atoms with E-state index in [1.54, 1.807) is 19.6 Å². The van der Waals surface area contributed by atoms with Crippen molar-refractivity contribution in [2.24, 2.45) is 0 Å². The summed E-state index contributed by atoms with van der Waals surface area (Å²) in [6, 6.07) is 12.4. The molecule has 2 aromatic carbocycles. The molecular weight excluding hydrogens is 681 g/mol. The number of aromatic nitrogens is 2. The van der Waals surface area contributed by atoms with Crippen molar-refractivity contribution in [2.45, 2.75) is 102 Å². The summed E-state index contributed by atoms with van der Waals surface area (Å²) in [6.45, 7) is 12.3. The van der Waals surface area contributed by atoms with E-state index < -0.39 is 5.97 Å². The molecule has 286 valence electrons. The van der Waals surface area contributed by atoms with Crippen molar-refractivity contribution in [2.75, 3.05) is 44.0 Å². The number of furan rings is 1. The monoisotopic (exact) mass is 734 g/mol. The van der Waals surface area contributed by atoms with E-state index in [0.717, 1.165) is 86.1 Å². The van der Waals surface area contributed by atoms with Gasteiger partial charge in [0.05, 0.1) is 36.7 Å². The lowest BCUT2D eigenvalue weighted by molar-refractivity contribution is -0.129. The fraction of sp³-hybridized carbons (Fsp3) is 0.488. The molecule has 4 aromatic rings. The van der Waals surface area contributed by atoms with Crippen molar-refractivity contribution >= 4 is 34.2 Å². The van der Waals surface area contributed by atoms with Crippen LogP contribution in [0.1, 0.15) is 106 Å². The Labute approximate surface area is 318 Å². The van der Waals surface area contributed by atoms with E-state index in [0.29, 0.717) is 40.8 Å². The van der Waals surface area contributed by atoms with Crippen molar-refractivity contribution in [3.8, 4) is 17.0 Å². The number of para-hydroxylation sites is 1. The molecule has 0 radical (unpaired) electrons. The predicted octanol–water partition coefficient (Wildman–Crippen LogP) is 8.33. The highest BCUT2D eigenvalue weighted by Gasteiger charge is 2.35. The third kappa shape index (κ3) is 7.43. The van der Waals surface area contributed by atoms with E-state index in [1.165, 1.54) is 12.5 Å². The number of amides is 1. The molecule has 1 N–H and O–H groups in total. The Morgan fingerprint density at radius 2 is 1.78 bits per heavy atom. The summed E-state index contributed by atoms with van der Waals surface area (Å²) in [5.74, 6) is 0.832. The number of fused-ring (bicyclic) bond motifs is 1. The zero-order valence-electron chi connectivity index (χ0n) is 32.3. The number of piperidine rings is 2. The second-order valence-electron chi connectivity index (χ2n) is 15.3. The van der Waals surface area contributed by atoms with Crippen molar-refractivity contribution in [3.63, 3.8) is 0 Å². The molecule has 0 saturated carbocycles. The van der Waals surface area contributed by atoms with Gasteiger partial charge in [0.1, 0.15) is 23.2 Å². The Morgan fingerprint density at radius 3 is 2.52 bits per heavy atom. The highest BCUT2D eigenvalue weighted by Crippen LogP contribution is 2.46. The highest BCUT2D eigenvalue weighted by molar-refractivity contribution is 6.01. The largest absolute Gasteiger partial charge is 0.495 e. The Balaban J connectivity index is 1.33. The SMILES string of the molecule is C=CC(=O)N1CCCC[C@@H]1c1cc(N2CCCC[C@@H]2c2ncc(C(=O)OC(C)C)c(-c3coc4ccccc34)n2)c(OC)cc1N[C@H](C)[C@H]1CCCN1C. The van der Waals surface area contributed by atoms with Gasteiger partial charge in [0.2, 0.25) is 5.91 Å². The summed E-state index contributed by atoms with van der Waals surface area (Å²) in [5, 5.41) is 4.75. The van der Waals surface area contributed by atoms with E-state index in [-0.39, 0.29) is 30.1 Å². The first kappa shape index (κ1) is 37.4. The van der Waals surface area contributed by atoms with Crippen LogP contribution in [-0.4, -0.2) is 83.6 Å². The van der Waals surface area contributed by atoms with Crippen LogP contribution in [0.4, 0.5) is 11.4 Å². The summed E-state index contributed by atoms with van der Waals surface area (Å²) in [7, 11) is 3.92. The molecule has 1 amide bonds. The average molecular weight is 735 g/mol. The molecule has 54 heavy (non-hydrogen) atoms. The van der Waals surface area contributed by atoms with Gasteiger partial charge < -0.3 is 33.9 Å². The zero-order chi connectivity index (χ0) is 37.9. The number of likely N-dealkylation sites (tertiary alicyclic amines) is 2. The average Bonchev–Trinajstić information content (AvgIpc) is 3.83. The summed E-state index contributed by atoms with van der Waals surface area (Å²) >= 11 is 0. The van der Waals surface area contributed by atoms with E-state index in [4.69, 9.17) is 23.9 Å². The Hall–Kier alpha value is -4.90. The van der Waals surface area contributed by atoms with Gasteiger partial charge in [-0.25, -0.2) is 14.8 Å². The minimum atomic E-state index is -0.476. The standard InChI is InChI=1S/C43H54N6O5/c1-7-40(50)49-22-13-10-16-35(49)30-23-37(39(52-6)24-33(30)45-28(4)34-18-14-20-47(34)5)48-21-12-11-17-36(48)42-44-25-31(43(51)54-27(2)3)41(46-42)32-26-53-38-19-9-8-15-29(32)38/h7-9,15,19,23-28,34-36,45H,1,10-14,16-18,20-22H2,2-6H3/t28-,34-,35-,36-/m1/s1. The number of esters is 1. The molecular formula is C43H54N6O5. The summed E-state index contributed by atoms with van der Waals surface area (Å²) in [6.07, 6.45) is 12.4. The summed E-state index contributed by atoms with van der Waals surface area (Å²) in [4.78, 5) is 43.6. The molecule has 2 aromatic heterocycles. The predicted molar refractivity (Wildman–Crippen MR) is 212 cm³/mol. The number of ether oxygens (including phenoxy) is 2. The van der Waals surface area contributed by atoms with E-state index in [9.17, 15) is 9.59 Å². The number of anilines is 2. The number of carbonyl (C=O) groups is 2. The van der Waals surface area contributed by atoms with Gasteiger partial charge in [-0.3, -0.25) is 4.79 Å². The molecule has 4 atom stereocenters. The van der Waals surface area contributed by atoms with Gasteiger partial charge in [0.25, 0.3) is 0 Å². The first-order valence-corrected chi connectivity index (χ1v) is 19.6. The molecule has 11 nitrogen and oxygen atoms in total. The first-order chi connectivity index (χ1) is 26.2. The van der Waals surface area contributed by atoms with Crippen LogP contribution in [0.25, 0.3) is 22.2 Å². The topological polar surface area (TPSA) is 113 Å². The van der Waals surface area contributed by atoms with Crippen molar-refractivity contribution in [3.05, 3.63) is 78.5 Å². The molecule has 0 unspecified atom stereocenters. The Bertz CT molecular complexity index is 1990. The molecule has 11 heteroatoms.